The molecule has 0 bridgehead atoms. The zero-order valence-electron chi connectivity index (χ0n) is 25.3. The molecule has 2 fully saturated rings. The summed E-state index contributed by atoms with van der Waals surface area (Å²) in [5.41, 5.74) is 12.8. The van der Waals surface area contributed by atoms with E-state index in [4.69, 9.17) is 15.2 Å². The van der Waals surface area contributed by atoms with Gasteiger partial charge in [0.05, 0.1) is 29.8 Å². The lowest BCUT2D eigenvalue weighted by atomic mass is 9.83. The fourth-order valence-corrected chi connectivity index (χ4v) is 7.03. The number of nitrogens with zero attached hydrogens (tertiary/aromatic N) is 2. The van der Waals surface area contributed by atoms with E-state index in [0.29, 0.717) is 6.54 Å². The average Bonchev–Trinajstić information content (AvgIpc) is 3.44. The number of aliphatic hydroxyl groups excluding tert-OH is 1. The molecule has 4 aromatic carbocycles. The number of nitrogens with two attached hydrogens (primary N) is 1. The molecular formula is C37H40N4O4. The van der Waals surface area contributed by atoms with Crippen molar-refractivity contribution in [3.05, 3.63) is 141 Å². The molecule has 2 saturated heterocycles. The van der Waals surface area contributed by atoms with Crippen molar-refractivity contribution in [3.63, 3.8) is 0 Å². The lowest BCUT2D eigenvalue weighted by Gasteiger charge is -2.45. The zero-order valence-corrected chi connectivity index (χ0v) is 25.3. The minimum Gasteiger partial charge on any atom is -0.392 e. The molecule has 0 radical (unpaired) electrons. The number of nitrogens with one attached hydrogen (secondary N) is 1. The third kappa shape index (κ3) is 6.12. The quantitative estimate of drug-likeness (QED) is 0.214. The Morgan fingerprint density at radius 1 is 0.778 bits per heavy atom. The molecule has 4 N–H and O–H groups in total. The van der Waals surface area contributed by atoms with Crippen molar-refractivity contribution in [1.29, 1.82) is 0 Å². The van der Waals surface area contributed by atoms with Crippen molar-refractivity contribution >= 4 is 11.0 Å². The van der Waals surface area contributed by atoms with Crippen molar-refractivity contribution in [2.24, 2.45) is 5.73 Å². The number of benzene rings is 4. The molecule has 0 aliphatic carbocycles. The van der Waals surface area contributed by atoms with Gasteiger partial charge in [-0.2, -0.15) is 0 Å². The lowest BCUT2D eigenvalue weighted by molar-refractivity contribution is -0.264. The summed E-state index contributed by atoms with van der Waals surface area (Å²) in [6.07, 6.45) is 0.802. The van der Waals surface area contributed by atoms with Crippen LogP contribution >= 0.6 is 0 Å². The Hall–Kier alpha value is -4.05. The number of rotatable bonds is 8. The van der Waals surface area contributed by atoms with Crippen LogP contribution in [-0.2, 0) is 22.6 Å². The maximum Gasteiger partial charge on any atom is 0.326 e. The van der Waals surface area contributed by atoms with Crippen LogP contribution in [0.2, 0.25) is 0 Å². The Bertz CT molecular complexity index is 1760. The number of fused-ring (bicyclic) bond motifs is 1. The predicted octanol–water partition coefficient (Wildman–Crippen LogP) is 5.56. The van der Waals surface area contributed by atoms with Crippen LogP contribution in [-0.4, -0.2) is 45.3 Å². The van der Waals surface area contributed by atoms with Crippen LogP contribution in [0.1, 0.15) is 65.0 Å². The number of aromatic amines is 1. The first kappa shape index (κ1) is 29.6. The summed E-state index contributed by atoms with van der Waals surface area (Å²) in [4.78, 5) is 18.4. The smallest absolute Gasteiger partial charge is 0.326 e. The third-order valence-electron chi connectivity index (χ3n) is 9.44. The standard InChI is InChI=1S/C37H40N4O4/c38-22-25-10-16-29(17-11-25)36-44-33(23-40-20-18-30(19-21-40)41-32-9-5-4-8-31(32)39-37(41)43)34(27-6-2-1-3-7-27)35(45-36)28-14-12-26(24-42)13-15-28/h1-17,30,33-36,42H,18-24,38H2,(H,39,43)/t33-,34-,35+,36?/m1/s1. The summed E-state index contributed by atoms with van der Waals surface area (Å²) in [6, 6.07) is 34.8. The number of piperidine rings is 1. The molecule has 5 aromatic rings. The van der Waals surface area contributed by atoms with Gasteiger partial charge in [-0.15, -0.1) is 0 Å². The molecule has 45 heavy (non-hydrogen) atoms. The van der Waals surface area contributed by atoms with E-state index < -0.39 is 6.29 Å². The van der Waals surface area contributed by atoms with E-state index in [9.17, 15) is 9.90 Å². The van der Waals surface area contributed by atoms with Gasteiger partial charge in [-0.1, -0.05) is 91.0 Å². The highest BCUT2D eigenvalue weighted by molar-refractivity contribution is 5.75. The Balaban J connectivity index is 1.18. The summed E-state index contributed by atoms with van der Waals surface area (Å²) < 4.78 is 15.7. The van der Waals surface area contributed by atoms with Crippen molar-refractivity contribution < 1.29 is 14.6 Å². The number of hydrogen-bond acceptors (Lipinski definition) is 6. The van der Waals surface area contributed by atoms with E-state index in [2.05, 4.69) is 46.3 Å². The van der Waals surface area contributed by atoms with Gasteiger partial charge in [-0.3, -0.25) is 4.57 Å². The third-order valence-corrected chi connectivity index (χ3v) is 9.44. The van der Waals surface area contributed by atoms with Crippen molar-refractivity contribution in [1.82, 2.24) is 14.5 Å². The molecule has 1 unspecified atom stereocenters. The Morgan fingerprint density at radius 3 is 2.16 bits per heavy atom. The molecule has 2 aliphatic heterocycles. The normalized spacial score (nSPS) is 23.0. The van der Waals surface area contributed by atoms with Crippen LogP contribution in [0.5, 0.6) is 0 Å². The Labute approximate surface area is 263 Å². The molecule has 7 rings (SSSR count). The molecule has 0 amide bonds. The highest BCUT2D eigenvalue weighted by Gasteiger charge is 2.43. The summed E-state index contributed by atoms with van der Waals surface area (Å²) in [7, 11) is 0. The first-order chi connectivity index (χ1) is 22.1. The molecule has 1 aromatic heterocycles. The minimum absolute atomic E-state index is 0.00357. The van der Waals surface area contributed by atoms with Gasteiger partial charge in [0.1, 0.15) is 0 Å². The molecule has 8 heteroatoms. The highest BCUT2D eigenvalue weighted by atomic mass is 16.7. The average molecular weight is 605 g/mol. The van der Waals surface area contributed by atoms with Gasteiger partial charge in [0.15, 0.2) is 6.29 Å². The topological polar surface area (TPSA) is 106 Å². The van der Waals surface area contributed by atoms with E-state index in [1.165, 1.54) is 0 Å². The van der Waals surface area contributed by atoms with Gasteiger partial charge in [-0.25, -0.2) is 4.79 Å². The number of H-pyrrole nitrogens is 1. The predicted molar refractivity (Wildman–Crippen MR) is 175 cm³/mol. The maximum atomic E-state index is 12.9. The van der Waals surface area contributed by atoms with Crippen LogP contribution in [0.25, 0.3) is 11.0 Å². The van der Waals surface area contributed by atoms with Crippen molar-refractivity contribution in [2.75, 3.05) is 19.6 Å². The number of likely N-dealkylation sites (tertiary alicyclic amines) is 1. The monoisotopic (exact) mass is 604 g/mol. The molecule has 3 heterocycles. The molecule has 0 spiro atoms. The van der Waals surface area contributed by atoms with Crippen LogP contribution in [0.15, 0.2) is 108 Å². The van der Waals surface area contributed by atoms with Gasteiger partial charge in [-0.05, 0) is 47.2 Å². The molecule has 232 valence electrons. The first-order valence-electron chi connectivity index (χ1n) is 15.9. The second kappa shape index (κ2) is 13.1. The second-order valence-corrected chi connectivity index (χ2v) is 12.2. The van der Waals surface area contributed by atoms with Crippen molar-refractivity contribution in [2.45, 2.75) is 56.5 Å². The largest absolute Gasteiger partial charge is 0.392 e. The van der Waals surface area contributed by atoms with E-state index >= 15 is 0 Å². The van der Waals surface area contributed by atoms with Crippen LogP contribution < -0.4 is 11.4 Å². The number of aromatic nitrogens is 2. The van der Waals surface area contributed by atoms with Crippen LogP contribution in [0.4, 0.5) is 0 Å². The Morgan fingerprint density at radius 2 is 1.44 bits per heavy atom. The number of ether oxygens (including phenoxy) is 2. The number of imidazole rings is 1. The van der Waals surface area contributed by atoms with E-state index in [1.54, 1.807) is 0 Å². The molecule has 8 nitrogen and oxygen atoms in total. The second-order valence-electron chi connectivity index (χ2n) is 12.2. The summed E-state index contributed by atoms with van der Waals surface area (Å²) in [6.45, 7) is 2.94. The van der Waals surface area contributed by atoms with E-state index in [0.717, 1.165) is 71.3 Å². The van der Waals surface area contributed by atoms with Crippen molar-refractivity contribution in [3.8, 4) is 0 Å². The highest BCUT2D eigenvalue weighted by Crippen LogP contribution is 2.47. The number of hydrogen-bond donors (Lipinski definition) is 3. The Kier molecular flexibility index (Phi) is 8.65. The fraction of sp³-hybridized carbons (Fsp3) is 0.324. The summed E-state index contributed by atoms with van der Waals surface area (Å²) >= 11 is 0. The molecule has 4 atom stereocenters. The molecule has 0 saturated carbocycles. The minimum atomic E-state index is -0.549. The summed E-state index contributed by atoms with van der Waals surface area (Å²) in [5.74, 6) is -0.0558. The summed E-state index contributed by atoms with van der Waals surface area (Å²) in [5, 5.41) is 9.69. The molecule has 2 aliphatic rings. The van der Waals surface area contributed by atoms with E-state index in [1.807, 2.05) is 71.3 Å². The zero-order chi connectivity index (χ0) is 30.8. The number of para-hydroxylation sites is 2. The van der Waals surface area contributed by atoms with Gasteiger partial charge in [0.2, 0.25) is 0 Å². The fourth-order valence-electron chi connectivity index (χ4n) is 7.03. The van der Waals surface area contributed by atoms with Crippen LogP contribution in [0.3, 0.4) is 0 Å². The SMILES string of the molecule is NCc1ccc(C2O[C@H](CN3CCC(n4c(=O)[nH]c5ccccc54)CC3)[C@@H](c3ccccc3)[C@H](c3ccc(CO)cc3)O2)cc1. The van der Waals surface area contributed by atoms with Gasteiger partial charge in [0, 0.05) is 43.7 Å². The van der Waals surface area contributed by atoms with Crippen LogP contribution in [0, 0.1) is 0 Å². The molecular weight excluding hydrogens is 564 g/mol. The van der Waals surface area contributed by atoms with Gasteiger partial charge in [0.25, 0.3) is 0 Å². The van der Waals surface area contributed by atoms with Gasteiger partial charge >= 0.3 is 5.69 Å². The van der Waals surface area contributed by atoms with Gasteiger partial charge < -0.3 is 30.2 Å². The maximum absolute atomic E-state index is 12.9. The van der Waals surface area contributed by atoms with E-state index in [-0.39, 0.29) is 36.5 Å². The lowest BCUT2D eigenvalue weighted by Crippen LogP contribution is -2.47. The number of aliphatic hydroxyl groups is 1. The first-order valence-corrected chi connectivity index (χ1v) is 15.9.